The van der Waals surface area contributed by atoms with Crippen molar-refractivity contribution in [3.05, 3.63) is 102 Å². The molecule has 0 N–H and O–H groups in total. The molecule has 0 unspecified atom stereocenters. The predicted molar refractivity (Wildman–Crippen MR) is 144 cm³/mol. The van der Waals surface area contributed by atoms with Gasteiger partial charge >= 0.3 is 0 Å². The number of carbonyl (C=O) groups excluding carboxylic acids is 2. The van der Waals surface area contributed by atoms with Crippen molar-refractivity contribution in [2.45, 2.75) is 0 Å². The van der Waals surface area contributed by atoms with Gasteiger partial charge in [0.05, 0.1) is 23.7 Å². The molecule has 0 aliphatic heterocycles. The van der Waals surface area contributed by atoms with Gasteiger partial charge in [0.25, 0.3) is 0 Å². The number of carbonyl (C=O) groups is 2. The van der Waals surface area contributed by atoms with E-state index < -0.39 is 0 Å². The van der Waals surface area contributed by atoms with E-state index in [4.69, 9.17) is 4.74 Å². The van der Waals surface area contributed by atoms with Gasteiger partial charge in [0.2, 0.25) is 5.88 Å². The van der Waals surface area contributed by atoms with E-state index in [1.807, 2.05) is 72.8 Å². The Balaban J connectivity index is 1.54. The van der Waals surface area contributed by atoms with Crippen LogP contribution in [-0.4, -0.2) is 34.6 Å². The molecule has 37 heavy (non-hydrogen) atoms. The van der Waals surface area contributed by atoms with Gasteiger partial charge in [-0.15, -0.1) is 0 Å². The molecule has 0 saturated carbocycles. The first-order valence-electron chi connectivity index (χ1n) is 11.6. The Kier molecular flexibility index (Phi) is 5.50. The summed E-state index contributed by atoms with van der Waals surface area (Å²) in [7, 11) is 1.60. The molecule has 0 amide bonds. The quantitative estimate of drug-likeness (QED) is 0.252. The summed E-state index contributed by atoms with van der Waals surface area (Å²) < 4.78 is 5.28. The highest BCUT2D eigenvalue weighted by atomic mass is 16.5. The molecule has 7 heteroatoms. The molecule has 3 aromatic carbocycles. The van der Waals surface area contributed by atoms with Gasteiger partial charge in [-0.3, -0.25) is 9.59 Å². The molecule has 3 heterocycles. The Morgan fingerprint density at radius 1 is 0.568 bits per heavy atom. The van der Waals surface area contributed by atoms with E-state index in [1.54, 1.807) is 19.2 Å². The van der Waals surface area contributed by atoms with Crippen LogP contribution in [0.5, 0.6) is 5.88 Å². The maximum atomic E-state index is 11.2. The number of methoxy groups -OCH3 is 1. The molecular weight excluding hydrogens is 464 g/mol. The van der Waals surface area contributed by atoms with E-state index in [0.717, 1.165) is 62.3 Å². The molecule has 0 atom stereocenters. The maximum absolute atomic E-state index is 11.2. The third-order valence-electron chi connectivity index (χ3n) is 6.26. The maximum Gasteiger partial charge on any atom is 0.213 e. The number of nitrogens with zero attached hydrogens (tertiary/aromatic N) is 4. The number of rotatable bonds is 6. The molecule has 0 saturated heterocycles. The summed E-state index contributed by atoms with van der Waals surface area (Å²) in [5, 5.41) is 2.80. The van der Waals surface area contributed by atoms with E-state index >= 15 is 0 Å². The summed E-state index contributed by atoms with van der Waals surface area (Å²) in [6.45, 7) is 0. The number of benzene rings is 3. The Morgan fingerprint density at radius 2 is 1.00 bits per heavy atom. The van der Waals surface area contributed by atoms with Gasteiger partial charge in [-0.25, -0.2) is 15.0 Å². The average molecular weight is 485 g/mol. The highest BCUT2D eigenvalue weighted by Crippen LogP contribution is 2.38. The van der Waals surface area contributed by atoms with E-state index in [2.05, 4.69) is 25.9 Å². The summed E-state index contributed by atoms with van der Waals surface area (Å²) >= 11 is 0. The highest BCUT2D eigenvalue weighted by molar-refractivity contribution is 5.94. The molecule has 0 spiro atoms. The van der Waals surface area contributed by atoms with Gasteiger partial charge in [-0.1, -0.05) is 12.1 Å². The number of hydrogen-bond acceptors (Lipinski definition) is 7. The van der Waals surface area contributed by atoms with Crippen molar-refractivity contribution >= 4 is 62.3 Å². The van der Waals surface area contributed by atoms with Crippen molar-refractivity contribution in [1.82, 2.24) is 15.0 Å². The first-order chi connectivity index (χ1) is 18.1. The molecule has 0 radical (unpaired) electrons. The Hall–Kier alpha value is -5.17. The van der Waals surface area contributed by atoms with E-state index in [-0.39, 0.29) is 0 Å². The molecule has 0 aliphatic rings. The van der Waals surface area contributed by atoms with Crippen LogP contribution in [0.15, 0.2) is 91.0 Å². The minimum absolute atomic E-state index is 0.395. The van der Waals surface area contributed by atoms with Crippen LogP contribution in [-0.2, 0) is 0 Å². The first kappa shape index (κ1) is 22.3. The number of anilines is 3. The van der Waals surface area contributed by atoms with Crippen LogP contribution >= 0.6 is 0 Å². The highest BCUT2D eigenvalue weighted by Gasteiger charge is 2.15. The van der Waals surface area contributed by atoms with Crippen molar-refractivity contribution in [3.63, 3.8) is 0 Å². The summed E-state index contributed by atoms with van der Waals surface area (Å²) in [6, 6.07) is 29.0. The lowest BCUT2D eigenvalue weighted by Gasteiger charge is -2.26. The largest absolute Gasteiger partial charge is 0.481 e. The summed E-state index contributed by atoms with van der Waals surface area (Å²) in [6.07, 6.45) is 1.49. The van der Waals surface area contributed by atoms with Crippen molar-refractivity contribution in [3.8, 4) is 5.88 Å². The van der Waals surface area contributed by atoms with Crippen LogP contribution in [0.1, 0.15) is 21.0 Å². The van der Waals surface area contributed by atoms with Crippen molar-refractivity contribution in [2.24, 2.45) is 0 Å². The van der Waals surface area contributed by atoms with E-state index in [9.17, 15) is 9.59 Å². The molecule has 178 valence electrons. The lowest BCUT2D eigenvalue weighted by Crippen LogP contribution is -2.10. The zero-order chi connectivity index (χ0) is 25.4. The topological polar surface area (TPSA) is 85.3 Å². The predicted octanol–water partition coefficient (Wildman–Crippen LogP) is 6.43. The van der Waals surface area contributed by atoms with Gasteiger partial charge in [0, 0.05) is 39.3 Å². The average Bonchev–Trinajstić information content (AvgIpc) is 2.96. The second-order valence-corrected chi connectivity index (χ2v) is 8.53. The number of aromatic nitrogens is 3. The minimum Gasteiger partial charge on any atom is -0.481 e. The summed E-state index contributed by atoms with van der Waals surface area (Å²) in [4.78, 5) is 37.9. The summed E-state index contributed by atoms with van der Waals surface area (Å²) in [5.74, 6) is 0.561. The minimum atomic E-state index is 0.395. The van der Waals surface area contributed by atoms with Crippen molar-refractivity contribution in [2.75, 3.05) is 12.0 Å². The number of ether oxygens (including phenoxy) is 1. The third-order valence-corrected chi connectivity index (χ3v) is 6.26. The Morgan fingerprint density at radius 3 is 1.43 bits per heavy atom. The van der Waals surface area contributed by atoms with Gasteiger partial charge in [-0.2, -0.15) is 0 Å². The second kappa shape index (κ2) is 9.13. The lowest BCUT2D eigenvalue weighted by atomic mass is 10.1. The number of pyridine rings is 3. The SMILES string of the molecule is COc1ccc2cc(N(c3ccc4nc(C=O)ccc4c3)c3ccc4nc(C=O)ccc4c3)ccc2n1. The molecular formula is C30H20N4O3. The number of hydrogen-bond donors (Lipinski definition) is 0. The normalized spacial score (nSPS) is 11.1. The monoisotopic (exact) mass is 484 g/mol. The zero-order valence-corrected chi connectivity index (χ0v) is 19.8. The zero-order valence-electron chi connectivity index (χ0n) is 19.8. The van der Waals surface area contributed by atoms with E-state index in [1.165, 1.54) is 0 Å². The molecule has 7 nitrogen and oxygen atoms in total. The Labute approximate surface area is 212 Å². The molecule has 0 fully saturated rings. The smallest absolute Gasteiger partial charge is 0.213 e. The standard InChI is InChI=1S/C30H20N4O3/c1-37-30-13-4-21-16-26(9-12-29(21)33-30)34(24-7-10-27-19(14-24)2-5-22(17-35)31-27)25-8-11-28-20(15-25)3-6-23(18-36)32-28/h2-18H,1H3. The van der Waals surface area contributed by atoms with Crippen LogP contribution in [0.2, 0.25) is 0 Å². The number of fused-ring (bicyclic) bond motifs is 3. The molecule has 0 aliphatic carbocycles. The molecule has 6 rings (SSSR count). The first-order valence-corrected chi connectivity index (χ1v) is 11.6. The van der Waals surface area contributed by atoms with Crippen LogP contribution < -0.4 is 9.64 Å². The Bertz CT molecular complexity index is 1740. The van der Waals surface area contributed by atoms with Gasteiger partial charge < -0.3 is 9.64 Å². The molecule has 3 aromatic heterocycles. The fraction of sp³-hybridized carbons (Fsp3) is 0.0333. The third kappa shape index (κ3) is 4.12. The molecule has 0 bridgehead atoms. The van der Waals surface area contributed by atoms with Crippen molar-refractivity contribution in [1.29, 1.82) is 0 Å². The van der Waals surface area contributed by atoms with Gasteiger partial charge in [-0.05, 0) is 72.8 Å². The van der Waals surface area contributed by atoms with Crippen LogP contribution in [0.25, 0.3) is 32.7 Å². The van der Waals surface area contributed by atoms with E-state index in [0.29, 0.717) is 17.3 Å². The lowest BCUT2D eigenvalue weighted by molar-refractivity contribution is 0.111. The van der Waals surface area contributed by atoms with Crippen LogP contribution in [0, 0.1) is 0 Å². The van der Waals surface area contributed by atoms with Gasteiger partial charge in [0.1, 0.15) is 11.4 Å². The van der Waals surface area contributed by atoms with Crippen molar-refractivity contribution < 1.29 is 14.3 Å². The summed E-state index contributed by atoms with van der Waals surface area (Å²) in [5.41, 5.74) is 5.89. The van der Waals surface area contributed by atoms with Gasteiger partial charge in [0.15, 0.2) is 12.6 Å². The van der Waals surface area contributed by atoms with Crippen LogP contribution in [0.4, 0.5) is 17.1 Å². The molecule has 6 aromatic rings. The fourth-order valence-corrected chi connectivity index (χ4v) is 4.46. The fourth-order valence-electron chi connectivity index (χ4n) is 4.46. The number of aldehydes is 2. The van der Waals surface area contributed by atoms with Crippen LogP contribution in [0.3, 0.4) is 0 Å². The second-order valence-electron chi connectivity index (χ2n) is 8.53.